The van der Waals surface area contributed by atoms with Gasteiger partial charge in [0.1, 0.15) is 0 Å². The third-order valence-electron chi connectivity index (χ3n) is 4.90. The largest absolute Gasteiger partial charge is 0.504 e. The van der Waals surface area contributed by atoms with E-state index in [0.717, 1.165) is 17.5 Å². The molecule has 0 aliphatic rings. The fourth-order valence-electron chi connectivity index (χ4n) is 3.44. The van der Waals surface area contributed by atoms with Gasteiger partial charge in [-0.05, 0) is 61.4 Å². The predicted molar refractivity (Wildman–Crippen MR) is 113 cm³/mol. The summed E-state index contributed by atoms with van der Waals surface area (Å²) in [6.45, 7) is 8.96. The summed E-state index contributed by atoms with van der Waals surface area (Å²) in [4.78, 5) is 2.51. The zero-order chi connectivity index (χ0) is 22.0. The van der Waals surface area contributed by atoms with Crippen molar-refractivity contribution < 1.29 is 21.6 Å². The van der Waals surface area contributed by atoms with Gasteiger partial charge in [0.25, 0.3) is 19.7 Å². The molecule has 0 aliphatic heterocycles. The fourth-order valence-corrected chi connectivity index (χ4v) is 7.51. The van der Waals surface area contributed by atoms with E-state index in [9.17, 15) is 22.4 Å². The summed E-state index contributed by atoms with van der Waals surface area (Å²) >= 11 is 0. The second-order valence-electron chi connectivity index (χ2n) is 6.95. The number of nitrogens with zero attached hydrogens (tertiary/aromatic N) is 2. The van der Waals surface area contributed by atoms with Gasteiger partial charge in [0.05, 0.1) is 9.79 Å². The highest BCUT2D eigenvalue weighted by Crippen LogP contribution is 2.30. The first-order chi connectivity index (χ1) is 13.5. The molecule has 0 spiro atoms. The van der Waals surface area contributed by atoms with Gasteiger partial charge in [-0.25, -0.2) is 16.8 Å². The monoisotopic (exact) mass is 434 g/mol. The highest BCUT2D eigenvalue weighted by molar-refractivity contribution is 8.31. The number of hydrogen-bond donors (Lipinski definition) is 0. The number of rotatable bonds is 5. The average molecular weight is 435 g/mol. The molecule has 0 bridgehead atoms. The summed E-state index contributed by atoms with van der Waals surface area (Å²) in [5.41, 5.74) is 12.7. The van der Waals surface area contributed by atoms with E-state index in [2.05, 4.69) is 4.79 Å². The first-order valence-corrected chi connectivity index (χ1v) is 12.4. The van der Waals surface area contributed by atoms with E-state index in [1.54, 1.807) is 38.1 Å². The van der Waals surface area contributed by atoms with Crippen LogP contribution < -0.4 is 0 Å². The quantitative estimate of drug-likeness (QED) is 0.309. The second kappa shape index (κ2) is 8.61. The summed E-state index contributed by atoms with van der Waals surface area (Å²) < 4.78 is 52.0. The molecule has 2 aromatic carbocycles. The van der Waals surface area contributed by atoms with Crippen molar-refractivity contribution in [3.05, 3.63) is 63.7 Å². The summed E-state index contributed by atoms with van der Waals surface area (Å²) in [5.74, 6) is 0. The minimum Gasteiger partial charge on any atom is -0.359 e. The molecule has 8 heteroatoms. The third-order valence-corrected chi connectivity index (χ3v) is 9.40. The zero-order valence-corrected chi connectivity index (χ0v) is 19.0. The molecule has 0 saturated heterocycles. The van der Waals surface area contributed by atoms with Crippen LogP contribution in [-0.4, -0.2) is 26.0 Å². The van der Waals surface area contributed by atoms with Crippen molar-refractivity contribution in [3.8, 4) is 0 Å². The molecule has 0 N–H and O–H groups in total. The number of hydrogen-bond acceptors (Lipinski definition) is 4. The number of aryl methyl sites for hydroxylation is 5. The van der Waals surface area contributed by atoms with Gasteiger partial charge in [-0.2, -0.15) is 0 Å². The Morgan fingerprint density at radius 2 is 1.41 bits per heavy atom. The lowest BCUT2D eigenvalue weighted by atomic mass is 10.0. The van der Waals surface area contributed by atoms with Crippen molar-refractivity contribution in [3.63, 3.8) is 0 Å². The Balaban J connectivity index is 2.83. The van der Waals surface area contributed by atoms with Gasteiger partial charge in [-0.3, -0.25) is 0 Å². The standard InChI is InChI=1S/C21H26N2O4S2/c1-6-16-12-17(7-2)20(18(8-3)13-16)29(26,27)21(23-22)28(24,25)19-10-9-14(4)11-15(19)5/h9-13H,6-8H2,1-5H3. The third kappa shape index (κ3) is 4.20. The van der Waals surface area contributed by atoms with Crippen molar-refractivity contribution in [2.75, 3.05) is 0 Å². The van der Waals surface area contributed by atoms with Crippen molar-refractivity contribution in [1.82, 2.24) is 0 Å². The number of benzene rings is 2. The molecule has 6 nitrogen and oxygen atoms in total. The average Bonchev–Trinajstić information content (AvgIpc) is 2.66. The summed E-state index contributed by atoms with van der Waals surface area (Å²) in [5, 5.41) is 0. The van der Waals surface area contributed by atoms with Crippen LogP contribution in [0.3, 0.4) is 0 Å². The molecule has 0 radical (unpaired) electrons. The molecule has 0 aromatic heterocycles. The van der Waals surface area contributed by atoms with Crippen LogP contribution in [0, 0.1) is 13.8 Å². The van der Waals surface area contributed by atoms with Gasteiger partial charge in [-0.1, -0.05) is 50.6 Å². The highest BCUT2D eigenvalue weighted by Gasteiger charge is 2.46. The van der Waals surface area contributed by atoms with Crippen LogP contribution in [0.2, 0.25) is 0 Å². The molecule has 156 valence electrons. The van der Waals surface area contributed by atoms with Gasteiger partial charge in [-0.15, -0.1) is 4.79 Å². The normalized spacial score (nSPS) is 11.9. The summed E-state index contributed by atoms with van der Waals surface area (Å²) in [6.07, 6.45) is 1.53. The molecular weight excluding hydrogens is 408 g/mol. The van der Waals surface area contributed by atoms with E-state index in [-0.39, 0.29) is 9.79 Å². The van der Waals surface area contributed by atoms with E-state index >= 15 is 0 Å². The van der Waals surface area contributed by atoms with Crippen LogP contribution in [0.1, 0.15) is 48.6 Å². The second-order valence-corrected chi connectivity index (χ2v) is 10.8. The topological polar surface area (TPSA) is 105 Å². The van der Waals surface area contributed by atoms with Gasteiger partial charge in [0.2, 0.25) is 0 Å². The molecule has 0 unspecified atom stereocenters. The Kier molecular flexibility index (Phi) is 6.83. The maximum absolute atomic E-state index is 13.5. The van der Waals surface area contributed by atoms with Crippen molar-refractivity contribution >= 4 is 24.1 Å². The lowest BCUT2D eigenvalue weighted by Gasteiger charge is -2.14. The van der Waals surface area contributed by atoms with Crippen molar-refractivity contribution in [1.29, 1.82) is 0 Å². The van der Waals surface area contributed by atoms with E-state index in [4.69, 9.17) is 0 Å². The van der Waals surface area contributed by atoms with Crippen LogP contribution in [-0.2, 0) is 38.9 Å². The maximum atomic E-state index is 13.5. The molecule has 0 amide bonds. The smallest absolute Gasteiger partial charge is 0.359 e. The highest BCUT2D eigenvalue weighted by atomic mass is 32.3. The van der Waals surface area contributed by atoms with Gasteiger partial charge in [0.15, 0.2) is 0 Å². The number of sulfone groups is 2. The SMILES string of the molecule is CCc1cc(CC)c(S(=O)(=O)C(=[N+]=[N-])S(=O)(=O)c2ccc(C)cc2C)c(CC)c1. The molecule has 2 aromatic rings. The Bertz CT molecular complexity index is 1180. The molecule has 0 heterocycles. The van der Waals surface area contributed by atoms with E-state index in [1.165, 1.54) is 6.07 Å². The fraction of sp³-hybridized carbons (Fsp3) is 0.381. The Morgan fingerprint density at radius 3 is 1.83 bits per heavy atom. The maximum Gasteiger partial charge on any atom is 0.504 e. The Morgan fingerprint density at radius 1 is 0.862 bits per heavy atom. The first kappa shape index (κ1) is 23.0. The van der Waals surface area contributed by atoms with Crippen molar-refractivity contribution in [2.24, 2.45) is 0 Å². The van der Waals surface area contributed by atoms with Gasteiger partial charge < -0.3 is 5.53 Å². The lowest BCUT2D eigenvalue weighted by molar-refractivity contribution is 0.00379. The van der Waals surface area contributed by atoms with E-state index in [0.29, 0.717) is 29.5 Å². The first-order valence-electron chi connectivity index (χ1n) is 9.48. The minimum atomic E-state index is -4.58. The summed E-state index contributed by atoms with van der Waals surface area (Å²) in [6, 6.07) is 8.09. The van der Waals surface area contributed by atoms with Gasteiger partial charge >= 0.3 is 4.38 Å². The van der Waals surface area contributed by atoms with Crippen LogP contribution in [0.4, 0.5) is 0 Å². The van der Waals surface area contributed by atoms with Crippen LogP contribution in [0.25, 0.3) is 5.53 Å². The van der Waals surface area contributed by atoms with E-state index in [1.807, 2.05) is 20.8 Å². The predicted octanol–water partition coefficient (Wildman–Crippen LogP) is 3.82. The molecule has 0 aliphatic carbocycles. The van der Waals surface area contributed by atoms with E-state index < -0.39 is 24.1 Å². The van der Waals surface area contributed by atoms with Crippen LogP contribution in [0.5, 0.6) is 0 Å². The molecule has 0 fully saturated rings. The molecule has 0 atom stereocenters. The van der Waals surface area contributed by atoms with Crippen LogP contribution in [0.15, 0.2) is 40.1 Å². The minimum absolute atomic E-state index is 0.0826. The Labute approximate surface area is 173 Å². The zero-order valence-electron chi connectivity index (χ0n) is 17.4. The van der Waals surface area contributed by atoms with Crippen LogP contribution >= 0.6 is 0 Å². The van der Waals surface area contributed by atoms with Crippen molar-refractivity contribution in [2.45, 2.75) is 63.7 Å². The molecule has 0 saturated carbocycles. The molecule has 29 heavy (non-hydrogen) atoms. The summed E-state index contributed by atoms with van der Waals surface area (Å²) in [7, 11) is -9.14. The molecule has 2 rings (SSSR count). The lowest BCUT2D eigenvalue weighted by Crippen LogP contribution is -2.28. The Hall–Kier alpha value is -2.28. The molecular formula is C21H26N2O4S2. The van der Waals surface area contributed by atoms with Gasteiger partial charge in [0, 0.05) is 0 Å².